The Morgan fingerprint density at radius 3 is 2.52 bits per heavy atom. The Balaban J connectivity index is 2.75. The smallest absolute Gasteiger partial charge is 0.251 e. The van der Waals surface area contributed by atoms with Crippen LogP contribution in [-0.4, -0.2) is 38.3 Å². The highest BCUT2D eigenvalue weighted by Gasteiger charge is 2.17. The standard InChI is InChI=1S/C12H16FN3O4S/c1-21(19,20)5-4-10(14)12(18)16-7-2-3-9(13)8(6-7)11(15)17/h2-3,6,10H,4-5,14H2,1H3,(H2,15,17)(H,16,18). The molecular formula is C12H16FN3O4S. The van der Waals surface area contributed by atoms with Crippen LogP contribution >= 0.6 is 0 Å². The quantitative estimate of drug-likeness (QED) is 0.658. The number of primary amides is 1. The Labute approximate surface area is 121 Å². The number of sulfone groups is 1. The van der Waals surface area contributed by atoms with Crippen molar-refractivity contribution in [2.24, 2.45) is 11.5 Å². The van der Waals surface area contributed by atoms with Gasteiger partial charge >= 0.3 is 0 Å². The van der Waals surface area contributed by atoms with Crippen molar-refractivity contribution in [1.29, 1.82) is 0 Å². The summed E-state index contributed by atoms with van der Waals surface area (Å²) in [5.41, 5.74) is 10.3. The van der Waals surface area contributed by atoms with Crippen LogP contribution < -0.4 is 16.8 Å². The molecule has 0 aliphatic rings. The third-order valence-electron chi connectivity index (χ3n) is 2.64. The van der Waals surface area contributed by atoms with Crippen LogP contribution in [0.1, 0.15) is 16.8 Å². The lowest BCUT2D eigenvalue weighted by Gasteiger charge is -2.12. The number of hydrogen-bond acceptors (Lipinski definition) is 5. The predicted molar refractivity (Wildman–Crippen MR) is 75.9 cm³/mol. The Hall–Kier alpha value is -2.00. The van der Waals surface area contributed by atoms with Crippen molar-refractivity contribution in [2.75, 3.05) is 17.3 Å². The second-order valence-corrected chi connectivity index (χ2v) is 6.83. The Morgan fingerprint density at radius 2 is 2.00 bits per heavy atom. The minimum Gasteiger partial charge on any atom is -0.366 e. The maximum absolute atomic E-state index is 13.3. The normalized spacial score (nSPS) is 12.7. The van der Waals surface area contributed by atoms with Crippen molar-refractivity contribution in [2.45, 2.75) is 12.5 Å². The van der Waals surface area contributed by atoms with Crippen molar-refractivity contribution >= 4 is 27.3 Å². The fourth-order valence-electron chi connectivity index (χ4n) is 1.50. The van der Waals surface area contributed by atoms with E-state index in [1.165, 1.54) is 6.07 Å². The van der Waals surface area contributed by atoms with Gasteiger partial charge in [0.2, 0.25) is 5.91 Å². The molecule has 0 aliphatic heterocycles. The molecule has 1 rings (SSSR count). The summed E-state index contributed by atoms with van der Waals surface area (Å²) in [7, 11) is -3.22. The first-order valence-corrected chi connectivity index (χ1v) is 7.99. The number of nitrogens with one attached hydrogen (secondary N) is 1. The molecule has 0 heterocycles. The first-order chi connectivity index (χ1) is 9.60. The van der Waals surface area contributed by atoms with Crippen LogP contribution in [-0.2, 0) is 14.6 Å². The topological polar surface area (TPSA) is 132 Å². The van der Waals surface area contributed by atoms with E-state index >= 15 is 0 Å². The lowest BCUT2D eigenvalue weighted by molar-refractivity contribution is -0.117. The van der Waals surface area contributed by atoms with Crippen molar-refractivity contribution in [3.63, 3.8) is 0 Å². The summed E-state index contributed by atoms with van der Waals surface area (Å²) >= 11 is 0. The van der Waals surface area contributed by atoms with E-state index in [0.717, 1.165) is 18.4 Å². The molecule has 9 heteroatoms. The van der Waals surface area contributed by atoms with Crippen LogP contribution in [0.15, 0.2) is 18.2 Å². The number of nitrogens with two attached hydrogens (primary N) is 2. The number of halogens is 1. The Morgan fingerprint density at radius 1 is 1.38 bits per heavy atom. The van der Waals surface area contributed by atoms with Crippen molar-refractivity contribution in [3.8, 4) is 0 Å². The molecule has 0 spiro atoms. The van der Waals surface area contributed by atoms with Gasteiger partial charge in [0, 0.05) is 11.9 Å². The van der Waals surface area contributed by atoms with Gasteiger partial charge < -0.3 is 16.8 Å². The summed E-state index contributed by atoms with van der Waals surface area (Å²) in [6, 6.07) is 2.27. The summed E-state index contributed by atoms with van der Waals surface area (Å²) in [5, 5.41) is 2.37. The summed E-state index contributed by atoms with van der Waals surface area (Å²) in [4.78, 5) is 22.7. The minimum absolute atomic E-state index is 0.0471. The fourth-order valence-corrected chi connectivity index (χ4v) is 2.18. The van der Waals surface area contributed by atoms with E-state index in [-0.39, 0.29) is 23.4 Å². The number of rotatable bonds is 6. The number of anilines is 1. The lowest BCUT2D eigenvalue weighted by atomic mass is 10.1. The van der Waals surface area contributed by atoms with Crippen LogP contribution in [0.5, 0.6) is 0 Å². The average Bonchev–Trinajstić information content (AvgIpc) is 2.36. The third kappa shape index (κ3) is 5.48. The van der Waals surface area contributed by atoms with E-state index in [0.29, 0.717) is 0 Å². The van der Waals surface area contributed by atoms with E-state index in [4.69, 9.17) is 11.5 Å². The van der Waals surface area contributed by atoms with Gasteiger partial charge in [0.25, 0.3) is 5.91 Å². The Bertz CT molecular complexity index is 660. The van der Waals surface area contributed by atoms with Crippen molar-refractivity contribution < 1.29 is 22.4 Å². The first kappa shape index (κ1) is 17.1. The van der Waals surface area contributed by atoms with Gasteiger partial charge in [-0.2, -0.15) is 0 Å². The van der Waals surface area contributed by atoms with Crippen molar-refractivity contribution in [3.05, 3.63) is 29.6 Å². The molecule has 0 fully saturated rings. The molecule has 0 aromatic heterocycles. The van der Waals surface area contributed by atoms with Gasteiger partial charge in [0.1, 0.15) is 15.7 Å². The van der Waals surface area contributed by atoms with Crippen LogP contribution in [0.4, 0.5) is 10.1 Å². The summed E-state index contributed by atoms with van der Waals surface area (Å²) in [5.74, 6) is -2.63. The molecule has 0 bridgehead atoms. The van der Waals surface area contributed by atoms with Crippen LogP contribution in [0.2, 0.25) is 0 Å². The number of benzene rings is 1. The molecule has 1 atom stereocenters. The molecule has 116 valence electrons. The highest BCUT2D eigenvalue weighted by Crippen LogP contribution is 2.14. The summed E-state index contributed by atoms with van der Waals surface area (Å²) < 4.78 is 35.3. The molecule has 5 N–H and O–H groups in total. The third-order valence-corrected chi connectivity index (χ3v) is 3.61. The fraction of sp³-hybridized carbons (Fsp3) is 0.333. The number of amides is 2. The molecule has 0 saturated carbocycles. The Kier molecular flexibility index (Phi) is 5.39. The molecule has 0 radical (unpaired) electrons. The summed E-state index contributed by atoms with van der Waals surface area (Å²) in [6.07, 6.45) is 0.991. The highest BCUT2D eigenvalue weighted by molar-refractivity contribution is 7.90. The van der Waals surface area contributed by atoms with E-state index in [2.05, 4.69) is 5.32 Å². The van der Waals surface area contributed by atoms with Gasteiger partial charge in [-0.1, -0.05) is 0 Å². The molecular weight excluding hydrogens is 301 g/mol. The molecule has 1 aromatic rings. The van der Waals surface area contributed by atoms with Crippen LogP contribution in [0.3, 0.4) is 0 Å². The zero-order valence-electron chi connectivity index (χ0n) is 11.3. The SMILES string of the molecule is CS(=O)(=O)CCC(N)C(=O)Nc1ccc(F)c(C(N)=O)c1. The molecule has 1 unspecified atom stereocenters. The molecule has 1 aromatic carbocycles. The molecule has 21 heavy (non-hydrogen) atoms. The predicted octanol–water partition coefficient (Wildman–Crippen LogP) is -0.375. The van der Waals surface area contributed by atoms with E-state index in [1.807, 2.05) is 0 Å². The van der Waals surface area contributed by atoms with Crippen LogP contribution in [0.25, 0.3) is 0 Å². The lowest BCUT2D eigenvalue weighted by Crippen LogP contribution is -2.37. The first-order valence-electron chi connectivity index (χ1n) is 5.93. The maximum Gasteiger partial charge on any atom is 0.251 e. The van der Waals surface area contributed by atoms with Gasteiger partial charge in [0.15, 0.2) is 0 Å². The van der Waals surface area contributed by atoms with Gasteiger partial charge in [0.05, 0.1) is 17.4 Å². The second kappa shape index (κ2) is 6.64. The summed E-state index contributed by atoms with van der Waals surface area (Å²) in [6.45, 7) is 0. The largest absolute Gasteiger partial charge is 0.366 e. The molecule has 7 nitrogen and oxygen atoms in total. The van der Waals surface area contributed by atoms with Crippen LogP contribution in [0, 0.1) is 5.82 Å². The maximum atomic E-state index is 13.3. The van der Waals surface area contributed by atoms with Gasteiger partial charge in [-0.25, -0.2) is 12.8 Å². The zero-order valence-corrected chi connectivity index (χ0v) is 12.1. The number of carbonyl (C=O) groups is 2. The number of carbonyl (C=O) groups excluding carboxylic acids is 2. The highest BCUT2D eigenvalue weighted by atomic mass is 32.2. The van der Waals surface area contributed by atoms with E-state index in [9.17, 15) is 22.4 Å². The van der Waals surface area contributed by atoms with Gasteiger partial charge in [-0.05, 0) is 24.6 Å². The molecule has 0 saturated heterocycles. The average molecular weight is 317 g/mol. The zero-order chi connectivity index (χ0) is 16.2. The van der Waals surface area contributed by atoms with Gasteiger partial charge in [-0.3, -0.25) is 9.59 Å². The van der Waals surface area contributed by atoms with Crippen molar-refractivity contribution in [1.82, 2.24) is 0 Å². The monoisotopic (exact) mass is 317 g/mol. The van der Waals surface area contributed by atoms with E-state index < -0.39 is 33.5 Å². The molecule has 2 amide bonds. The second-order valence-electron chi connectivity index (χ2n) is 4.57. The van der Waals surface area contributed by atoms with E-state index in [1.54, 1.807) is 0 Å². The minimum atomic E-state index is -3.22. The van der Waals surface area contributed by atoms with Gasteiger partial charge in [-0.15, -0.1) is 0 Å². The molecule has 0 aliphatic carbocycles. The number of hydrogen-bond donors (Lipinski definition) is 3.